The third-order valence-corrected chi connectivity index (χ3v) is 22.6. The summed E-state index contributed by atoms with van der Waals surface area (Å²) < 4.78 is 0.973. The average Bonchev–Trinajstić information content (AvgIpc) is 2.82. The summed E-state index contributed by atoms with van der Waals surface area (Å²) in [5, 5.41) is 1.59. The van der Waals surface area contributed by atoms with Crippen LogP contribution in [0.5, 0.6) is 0 Å². The van der Waals surface area contributed by atoms with E-state index in [1.165, 1.54) is 22.3 Å². The van der Waals surface area contributed by atoms with E-state index in [0.717, 1.165) is 10.0 Å². The molecule has 0 saturated heterocycles. The van der Waals surface area contributed by atoms with E-state index in [1.807, 2.05) is 24.3 Å². The molecule has 2 atom stereocenters. The third-order valence-electron chi connectivity index (χ3n) is 4.82. The van der Waals surface area contributed by atoms with Crippen molar-refractivity contribution in [3.63, 3.8) is 0 Å². The Hall–Kier alpha value is -0.611. The Balaban J connectivity index is 1.55. The van der Waals surface area contributed by atoms with Crippen molar-refractivity contribution in [2.24, 2.45) is 0 Å². The van der Waals surface area contributed by atoms with E-state index in [-0.39, 0.29) is 39.1 Å². The summed E-state index contributed by atoms with van der Waals surface area (Å²) in [5.74, 6) is 0. The van der Waals surface area contributed by atoms with Crippen LogP contribution in [0.4, 0.5) is 0 Å². The summed E-state index contributed by atoms with van der Waals surface area (Å²) >= 11 is 11.6. The SMILES string of the molecule is Clc1ccc(C([Te]S[Te]C(c2ccccc2)c2ccc(Cl)cc2)c2ccccc2)cc1. The second-order valence-corrected chi connectivity index (χ2v) is 23.3. The van der Waals surface area contributed by atoms with E-state index in [0.29, 0.717) is 7.93 Å². The standard InChI is InChI=1S/C26H20Cl2STe2/c27-23-15-11-21(12-16-23)25(19-7-3-1-4-8-19)30-29-31-26(20-9-5-2-6-10-20)22-13-17-24(28)18-14-22/h1-18,25-26H. The van der Waals surface area contributed by atoms with Crippen molar-refractivity contribution in [2.45, 2.75) is 7.93 Å². The first-order valence-corrected chi connectivity index (χ1v) is 19.6. The minimum absolute atomic E-state index is 0.343. The van der Waals surface area contributed by atoms with Gasteiger partial charge in [-0.15, -0.1) is 0 Å². The van der Waals surface area contributed by atoms with Crippen LogP contribution in [-0.4, -0.2) is 39.1 Å². The summed E-state index contributed by atoms with van der Waals surface area (Å²) in [6, 6.07) is 38.7. The van der Waals surface area contributed by atoms with Crippen LogP contribution >= 0.6 is 29.4 Å². The van der Waals surface area contributed by atoms with Gasteiger partial charge in [0.15, 0.2) is 0 Å². The molecular formula is C26H20Cl2STe2. The zero-order chi connectivity index (χ0) is 21.5. The Morgan fingerprint density at radius 3 is 1.13 bits per heavy atom. The van der Waals surface area contributed by atoms with Gasteiger partial charge in [0.1, 0.15) is 0 Å². The molecule has 0 aliphatic heterocycles. The molecule has 0 bridgehead atoms. The van der Waals surface area contributed by atoms with E-state index in [2.05, 4.69) is 91.1 Å². The van der Waals surface area contributed by atoms with Gasteiger partial charge in [-0.1, -0.05) is 0 Å². The summed E-state index contributed by atoms with van der Waals surface area (Å²) in [6.07, 6.45) is 2.25. The van der Waals surface area contributed by atoms with Crippen molar-refractivity contribution in [3.8, 4) is 0 Å². The second kappa shape index (κ2) is 12.0. The molecule has 156 valence electrons. The Morgan fingerprint density at radius 1 is 0.452 bits per heavy atom. The molecule has 4 aromatic carbocycles. The summed E-state index contributed by atoms with van der Waals surface area (Å²) in [7, 11) is 0. The Bertz CT molecular complexity index is 983. The second-order valence-electron chi connectivity index (χ2n) is 6.95. The normalized spacial score (nSPS) is 13.0. The monoisotopic (exact) mass is 694 g/mol. The quantitative estimate of drug-likeness (QED) is 0.170. The van der Waals surface area contributed by atoms with Gasteiger partial charge < -0.3 is 0 Å². The van der Waals surface area contributed by atoms with Crippen LogP contribution in [0.3, 0.4) is 0 Å². The van der Waals surface area contributed by atoms with Crippen LogP contribution in [0.1, 0.15) is 30.2 Å². The Labute approximate surface area is 215 Å². The van der Waals surface area contributed by atoms with E-state index < -0.39 is 0 Å². The first kappa shape index (κ1) is 23.5. The zero-order valence-electron chi connectivity index (χ0n) is 16.5. The fourth-order valence-electron chi connectivity index (χ4n) is 3.24. The fourth-order valence-corrected chi connectivity index (χ4v) is 23.1. The molecule has 0 spiro atoms. The van der Waals surface area contributed by atoms with Gasteiger partial charge in [-0.3, -0.25) is 0 Å². The molecule has 0 heterocycles. The van der Waals surface area contributed by atoms with Crippen LogP contribution in [-0.2, 0) is 0 Å². The van der Waals surface area contributed by atoms with Gasteiger partial charge in [0, 0.05) is 0 Å². The molecule has 31 heavy (non-hydrogen) atoms. The average molecular weight is 691 g/mol. The molecule has 4 aromatic rings. The molecule has 0 amide bonds. The zero-order valence-corrected chi connectivity index (χ0v) is 23.5. The van der Waals surface area contributed by atoms with Crippen molar-refractivity contribution in [1.82, 2.24) is 0 Å². The van der Waals surface area contributed by atoms with Crippen LogP contribution < -0.4 is 0 Å². The van der Waals surface area contributed by atoms with Crippen molar-refractivity contribution in [3.05, 3.63) is 141 Å². The van der Waals surface area contributed by atoms with Gasteiger partial charge in [0.25, 0.3) is 0 Å². The number of hydrogen-bond acceptors (Lipinski definition) is 1. The number of benzene rings is 4. The molecule has 0 saturated carbocycles. The molecule has 0 nitrogen and oxygen atoms in total. The van der Waals surface area contributed by atoms with Gasteiger partial charge in [-0.05, 0) is 0 Å². The van der Waals surface area contributed by atoms with Crippen molar-refractivity contribution < 1.29 is 0 Å². The molecule has 5 heteroatoms. The maximum absolute atomic E-state index is 6.16. The Kier molecular flexibility index (Phi) is 9.13. The molecule has 2 unspecified atom stereocenters. The fraction of sp³-hybridized carbons (Fsp3) is 0.0769. The Morgan fingerprint density at radius 2 is 0.774 bits per heavy atom. The predicted molar refractivity (Wildman–Crippen MR) is 139 cm³/mol. The van der Waals surface area contributed by atoms with Crippen LogP contribution in [0.2, 0.25) is 10.0 Å². The molecule has 0 N–H and O–H groups in total. The van der Waals surface area contributed by atoms with E-state index in [9.17, 15) is 0 Å². The summed E-state index contributed by atoms with van der Waals surface area (Å²) in [5.41, 5.74) is 5.58. The predicted octanol–water partition coefficient (Wildman–Crippen LogP) is 7.84. The molecular weight excluding hydrogens is 670 g/mol. The number of rotatable bonds is 8. The van der Waals surface area contributed by atoms with Gasteiger partial charge in [-0.2, -0.15) is 0 Å². The molecule has 0 aromatic heterocycles. The molecule has 0 aliphatic rings. The summed E-state index contributed by atoms with van der Waals surface area (Å²) in [4.78, 5) is 0. The number of halogens is 2. The molecule has 4 rings (SSSR count). The van der Waals surface area contributed by atoms with Crippen LogP contribution in [0.25, 0.3) is 0 Å². The first-order chi connectivity index (χ1) is 15.2. The molecule has 0 fully saturated rings. The van der Waals surface area contributed by atoms with Gasteiger partial charge >= 0.3 is 218 Å². The van der Waals surface area contributed by atoms with Crippen molar-refractivity contribution in [1.29, 1.82) is 0 Å². The first-order valence-electron chi connectivity index (χ1n) is 9.80. The third kappa shape index (κ3) is 6.69. The van der Waals surface area contributed by atoms with Gasteiger partial charge in [-0.25, -0.2) is 0 Å². The maximum atomic E-state index is 6.16. The van der Waals surface area contributed by atoms with Gasteiger partial charge in [0.05, 0.1) is 0 Å². The van der Waals surface area contributed by atoms with Crippen LogP contribution in [0, 0.1) is 0 Å². The van der Waals surface area contributed by atoms with Gasteiger partial charge in [0.2, 0.25) is 0 Å². The molecule has 0 radical (unpaired) electrons. The van der Waals surface area contributed by atoms with Crippen LogP contribution in [0.15, 0.2) is 109 Å². The topological polar surface area (TPSA) is 0 Å². The minimum atomic E-state index is -0.343. The molecule has 0 aliphatic carbocycles. The van der Waals surface area contributed by atoms with E-state index in [4.69, 9.17) is 23.2 Å². The van der Waals surface area contributed by atoms with E-state index in [1.54, 1.807) is 0 Å². The van der Waals surface area contributed by atoms with Crippen molar-refractivity contribution in [2.75, 3.05) is 0 Å². The van der Waals surface area contributed by atoms with E-state index >= 15 is 0 Å². The summed E-state index contributed by atoms with van der Waals surface area (Å²) in [6.45, 7) is 0. The number of hydrogen-bond donors (Lipinski definition) is 0. The van der Waals surface area contributed by atoms with Crippen molar-refractivity contribution >= 4 is 68.5 Å².